The van der Waals surface area contributed by atoms with Gasteiger partial charge in [-0.05, 0) is 18.7 Å². The molecule has 1 aliphatic heterocycles. The van der Waals surface area contributed by atoms with Gasteiger partial charge >= 0.3 is 0 Å². The molecular weight excluding hydrogens is 304 g/mol. The van der Waals surface area contributed by atoms with Crippen LogP contribution >= 0.6 is 0 Å². The van der Waals surface area contributed by atoms with E-state index in [1.807, 2.05) is 31.3 Å². The van der Waals surface area contributed by atoms with E-state index in [1.165, 1.54) is 5.56 Å². The van der Waals surface area contributed by atoms with Crippen molar-refractivity contribution in [2.24, 2.45) is 7.05 Å². The molecular formula is C18H24N4O2. The van der Waals surface area contributed by atoms with Crippen molar-refractivity contribution < 1.29 is 9.53 Å². The largest absolute Gasteiger partial charge is 0.373 e. The zero-order chi connectivity index (χ0) is 16.9. The van der Waals surface area contributed by atoms with Crippen LogP contribution < -0.4 is 5.32 Å². The van der Waals surface area contributed by atoms with E-state index >= 15 is 0 Å². The second-order valence-electron chi connectivity index (χ2n) is 6.17. The van der Waals surface area contributed by atoms with Gasteiger partial charge in [-0.25, -0.2) is 0 Å². The van der Waals surface area contributed by atoms with E-state index in [2.05, 4.69) is 34.5 Å². The van der Waals surface area contributed by atoms with E-state index in [9.17, 15) is 4.79 Å². The van der Waals surface area contributed by atoms with Gasteiger partial charge in [0.15, 0.2) is 0 Å². The summed E-state index contributed by atoms with van der Waals surface area (Å²) in [6.07, 6.45) is 1.98. The molecule has 1 amide bonds. The summed E-state index contributed by atoms with van der Waals surface area (Å²) in [6, 6.07) is 12.3. The first kappa shape index (κ1) is 16.7. The van der Waals surface area contributed by atoms with Crippen LogP contribution in [-0.4, -0.2) is 53.4 Å². The summed E-state index contributed by atoms with van der Waals surface area (Å²) >= 11 is 0. The number of nitrogens with one attached hydrogen (secondary N) is 1. The fourth-order valence-electron chi connectivity index (χ4n) is 3.17. The molecule has 1 aromatic heterocycles. The number of aromatic nitrogens is 2. The van der Waals surface area contributed by atoms with Crippen LogP contribution in [0.1, 0.15) is 17.3 Å². The number of amides is 1. The quantitative estimate of drug-likeness (QED) is 0.894. The molecule has 0 saturated carbocycles. The van der Waals surface area contributed by atoms with Crippen molar-refractivity contribution >= 4 is 5.91 Å². The van der Waals surface area contributed by atoms with Gasteiger partial charge in [-0.3, -0.25) is 14.4 Å². The summed E-state index contributed by atoms with van der Waals surface area (Å²) in [7, 11) is 3.94. The van der Waals surface area contributed by atoms with Gasteiger partial charge in [0.25, 0.3) is 0 Å². The summed E-state index contributed by atoms with van der Waals surface area (Å²) in [5.41, 5.74) is 2.11. The van der Waals surface area contributed by atoms with E-state index in [4.69, 9.17) is 4.74 Å². The normalized spacial score (nSPS) is 21.6. The van der Waals surface area contributed by atoms with Crippen molar-refractivity contribution in [1.82, 2.24) is 20.0 Å². The third-order valence-electron chi connectivity index (χ3n) is 4.51. The lowest BCUT2D eigenvalue weighted by atomic mass is 9.98. The number of hydrogen-bond donors (Lipinski definition) is 1. The van der Waals surface area contributed by atoms with E-state index in [0.29, 0.717) is 19.6 Å². The lowest BCUT2D eigenvalue weighted by Crippen LogP contribution is -2.48. The predicted molar refractivity (Wildman–Crippen MR) is 91.5 cm³/mol. The number of carbonyl (C=O) groups is 1. The average molecular weight is 328 g/mol. The van der Waals surface area contributed by atoms with Crippen molar-refractivity contribution in [1.29, 1.82) is 0 Å². The fourth-order valence-corrected chi connectivity index (χ4v) is 3.17. The maximum atomic E-state index is 12.2. The summed E-state index contributed by atoms with van der Waals surface area (Å²) in [4.78, 5) is 14.5. The number of benzene rings is 1. The number of aryl methyl sites for hydroxylation is 1. The van der Waals surface area contributed by atoms with Crippen LogP contribution in [0.2, 0.25) is 0 Å². The third kappa shape index (κ3) is 3.83. The van der Waals surface area contributed by atoms with Crippen molar-refractivity contribution in [3.63, 3.8) is 0 Å². The highest BCUT2D eigenvalue weighted by Gasteiger charge is 2.31. The second kappa shape index (κ2) is 7.59. The van der Waals surface area contributed by atoms with Gasteiger partial charge in [-0.15, -0.1) is 0 Å². The minimum absolute atomic E-state index is 0.0118. The number of ether oxygens (including phenoxy) is 1. The van der Waals surface area contributed by atoms with Crippen LogP contribution in [0.15, 0.2) is 42.6 Å². The lowest BCUT2D eigenvalue weighted by molar-refractivity contribution is -0.122. The van der Waals surface area contributed by atoms with E-state index < -0.39 is 0 Å². The van der Waals surface area contributed by atoms with Gasteiger partial charge in [-0.1, -0.05) is 30.3 Å². The van der Waals surface area contributed by atoms with E-state index in [-0.39, 0.29) is 18.1 Å². The van der Waals surface area contributed by atoms with Gasteiger partial charge in [-0.2, -0.15) is 5.10 Å². The van der Waals surface area contributed by atoms with Crippen LogP contribution in [0, 0.1) is 0 Å². The molecule has 1 N–H and O–H groups in total. The van der Waals surface area contributed by atoms with Gasteiger partial charge in [0.1, 0.15) is 0 Å². The number of nitrogens with zero attached hydrogens (tertiary/aromatic N) is 3. The molecule has 0 unspecified atom stereocenters. The third-order valence-corrected chi connectivity index (χ3v) is 4.51. The van der Waals surface area contributed by atoms with E-state index in [1.54, 1.807) is 10.9 Å². The summed E-state index contributed by atoms with van der Waals surface area (Å²) < 4.78 is 7.67. The average Bonchev–Trinajstić information content (AvgIpc) is 2.98. The Labute approximate surface area is 142 Å². The molecule has 1 aromatic carbocycles. The first-order chi connectivity index (χ1) is 11.6. The molecule has 6 heteroatoms. The Hall–Kier alpha value is -2.18. The van der Waals surface area contributed by atoms with Crippen molar-refractivity contribution in [2.75, 3.05) is 26.7 Å². The number of hydrogen-bond acceptors (Lipinski definition) is 4. The molecule has 128 valence electrons. The topological polar surface area (TPSA) is 59.4 Å². The molecule has 0 aliphatic carbocycles. The lowest BCUT2D eigenvalue weighted by Gasteiger charge is -2.39. The smallest absolute Gasteiger partial charge is 0.226 e. The SMILES string of the molecule is CN1CCO[C@@H](CNC(=O)Cc2ccnn2C)[C@@H]1c1ccccc1. The Balaban J connectivity index is 1.62. The summed E-state index contributed by atoms with van der Waals surface area (Å²) in [6.45, 7) is 2.07. The van der Waals surface area contributed by atoms with Crippen LogP contribution in [0.5, 0.6) is 0 Å². The number of carbonyl (C=O) groups excluding carboxylic acids is 1. The fraction of sp³-hybridized carbons (Fsp3) is 0.444. The number of rotatable bonds is 5. The Kier molecular flexibility index (Phi) is 5.27. The summed E-state index contributed by atoms with van der Waals surface area (Å²) in [5.74, 6) is -0.0118. The molecule has 1 saturated heterocycles. The Bertz CT molecular complexity index is 671. The first-order valence-corrected chi connectivity index (χ1v) is 8.25. The zero-order valence-corrected chi connectivity index (χ0v) is 14.2. The molecule has 1 aliphatic rings. The molecule has 24 heavy (non-hydrogen) atoms. The number of likely N-dealkylation sites (N-methyl/N-ethyl adjacent to an activating group) is 1. The maximum absolute atomic E-state index is 12.2. The molecule has 2 atom stereocenters. The van der Waals surface area contributed by atoms with Gasteiger partial charge in [0.2, 0.25) is 5.91 Å². The molecule has 6 nitrogen and oxygen atoms in total. The predicted octanol–water partition coefficient (Wildman–Crippen LogP) is 1.15. The highest BCUT2D eigenvalue weighted by atomic mass is 16.5. The van der Waals surface area contributed by atoms with Crippen molar-refractivity contribution in [2.45, 2.75) is 18.6 Å². The summed E-state index contributed by atoms with van der Waals surface area (Å²) in [5, 5.41) is 7.09. The zero-order valence-electron chi connectivity index (χ0n) is 14.2. The van der Waals surface area contributed by atoms with Gasteiger partial charge < -0.3 is 10.1 Å². The van der Waals surface area contributed by atoms with Crippen LogP contribution in [0.25, 0.3) is 0 Å². The number of morpholine rings is 1. The van der Waals surface area contributed by atoms with Crippen LogP contribution in [0.4, 0.5) is 0 Å². The Morgan fingerprint density at radius 1 is 1.29 bits per heavy atom. The van der Waals surface area contributed by atoms with Crippen LogP contribution in [-0.2, 0) is 23.0 Å². The molecule has 2 heterocycles. The molecule has 2 aromatic rings. The monoisotopic (exact) mass is 328 g/mol. The van der Waals surface area contributed by atoms with Crippen molar-refractivity contribution in [3.8, 4) is 0 Å². The van der Waals surface area contributed by atoms with Gasteiger partial charge in [0.05, 0.1) is 25.2 Å². The Morgan fingerprint density at radius 3 is 2.79 bits per heavy atom. The molecule has 0 radical (unpaired) electrons. The van der Waals surface area contributed by atoms with E-state index in [0.717, 1.165) is 12.2 Å². The Morgan fingerprint density at radius 2 is 2.08 bits per heavy atom. The molecule has 3 rings (SSSR count). The molecule has 0 bridgehead atoms. The standard InChI is InChI=1S/C18H24N4O2/c1-21-10-11-24-16(18(21)14-6-4-3-5-7-14)13-19-17(23)12-15-8-9-20-22(15)2/h3-9,16,18H,10-13H2,1-2H3,(H,19,23)/t16-,18-/m0/s1. The minimum Gasteiger partial charge on any atom is -0.373 e. The minimum atomic E-state index is -0.0540. The molecule has 0 spiro atoms. The highest BCUT2D eigenvalue weighted by molar-refractivity contribution is 5.78. The van der Waals surface area contributed by atoms with Crippen molar-refractivity contribution in [3.05, 3.63) is 53.9 Å². The molecule has 1 fully saturated rings. The van der Waals surface area contributed by atoms with Crippen LogP contribution in [0.3, 0.4) is 0 Å². The first-order valence-electron chi connectivity index (χ1n) is 8.25. The van der Waals surface area contributed by atoms with Gasteiger partial charge in [0, 0.05) is 32.0 Å². The highest BCUT2D eigenvalue weighted by Crippen LogP contribution is 2.27. The maximum Gasteiger partial charge on any atom is 0.226 e. The second-order valence-corrected chi connectivity index (χ2v) is 6.17.